The van der Waals surface area contributed by atoms with Crippen molar-refractivity contribution in [1.82, 2.24) is 10.2 Å². The Bertz CT molecular complexity index is 1370. The number of anilines is 1. The van der Waals surface area contributed by atoms with Gasteiger partial charge in [0.15, 0.2) is 0 Å². The van der Waals surface area contributed by atoms with Gasteiger partial charge in [0, 0.05) is 17.6 Å². The number of nitrogens with one attached hydrogen (secondary N) is 1. The van der Waals surface area contributed by atoms with Crippen LogP contribution in [0.3, 0.4) is 0 Å². The second kappa shape index (κ2) is 12.8. The first kappa shape index (κ1) is 29.0. The Morgan fingerprint density at radius 3 is 2.30 bits per heavy atom. The van der Waals surface area contributed by atoms with Crippen LogP contribution in [0, 0.1) is 0 Å². The van der Waals surface area contributed by atoms with Gasteiger partial charge < -0.3 is 10.2 Å². The van der Waals surface area contributed by atoms with Crippen molar-refractivity contribution in [2.24, 2.45) is 0 Å². The zero-order chi connectivity index (χ0) is 27.2. The summed E-state index contributed by atoms with van der Waals surface area (Å²) in [6, 6.07) is 18.6. The molecule has 11 heteroatoms. The van der Waals surface area contributed by atoms with Gasteiger partial charge in [0.1, 0.15) is 12.6 Å². The fourth-order valence-corrected chi connectivity index (χ4v) is 5.75. The minimum absolute atomic E-state index is 0.0196. The first-order valence-corrected chi connectivity index (χ1v) is 14.4. The maximum atomic E-state index is 13.8. The molecule has 1 unspecified atom stereocenters. The minimum Gasteiger partial charge on any atom is -0.355 e. The van der Waals surface area contributed by atoms with Crippen molar-refractivity contribution >= 4 is 66.7 Å². The molecule has 3 aromatic carbocycles. The second-order valence-electron chi connectivity index (χ2n) is 8.15. The van der Waals surface area contributed by atoms with Crippen molar-refractivity contribution in [3.05, 3.63) is 92.9 Å². The molecule has 0 radical (unpaired) electrons. The van der Waals surface area contributed by atoms with Gasteiger partial charge in [-0.3, -0.25) is 13.9 Å². The Morgan fingerprint density at radius 2 is 1.68 bits per heavy atom. The van der Waals surface area contributed by atoms with Gasteiger partial charge in [0.2, 0.25) is 11.8 Å². The van der Waals surface area contributed by atoms with Crippen LogP contribution in [0.5, 0.6) is 0 Å². The van der Waals surface area contributed by atoms with E-state index in [0.29, 0.717) is 32.3 Å². The predicted molar refractivity (Wildman–Crippen MR) is 150 cm³/mol. The van der Waals surface area contributed by atoms with Gasteiger partial charge in [0.25, 0.3) is 10.0 Å². The van der Waals surface area contributed by atoms with Gasteiger partial charge in [0.05, 0.1) is 20.6 Å². The lowest BCUT2D eigenvalue weighted by Crippen LogP contribution is -2.51. The van der Waals surface area contributed by atoms with Crippen molar-refractivity contribution in [2.45, 2.75) is 31.3 Å². The van der Waals surface area contributed by atoms with Crippen LogP contribution in [0.4, 0.5) is 5.69 Å². The summed E-state index contributed by atoms with van der Waals surface area (Å²) in [5.41, 5.74) is 0.936. The molecular formula is C26H26BrCl2N3O4S. The number of halogens is 3. The summed E-state index contributed by atoms with van der Waals surface area (Å²) in [5, 5.41) is 3.38. The largest absolute Gasteiger partial charge is 0.355 e. The molecule has 1 N–H and O–H groups in total. The van der Waals surface area contributed by atoms with E-state index < -0.39 is 28.5 Å². The van der Waals surface area contributed by atoms with Crippen molar-refractivity contribution in [1.29, 1.82) is 0 Å². The number of carbonyl (C=O) groups excluding carboxylic acids is 2. The lowest BCUT2D eigenvalue weighted by atomic mass is 10.1. The smallest absolute Gasteiger partial charge is 0.264 e. The maximum absolute atomic E-state index is 13.8. The highest BCUT2D eigenvalue weighted by molar-refractivity contribution is 9.10. The van der Waals surface area contributed by atoms with E-state index in [4.69, 9.17) is 23.2 Å². The van der Waals surface area contributed by atoms with Crippen LogP contribution in [-0.4, -0.2) is 44.3 Å². The molecule has 0 aliphatic rings. The lowest BCUT2D eigenvalue weighted by molar-refractivity contribution is -0.139. The van der Waals surface area contributed by atoms with Crippen LogP contribution in [0.1, 0.15) is 19.4 Å². The number of amides is 2. The van der Waals surface area contributed by atoms with E-state index in [1.807, 2.05) is 0 Å². The zero-order valence-electron chi connectivity index (χ0n) is 20.2. The number of carbonyl (C=O) groups is 2. The Hall–Kier alpha value is -2.59. The third-order valence-electron chi connectivity index (χ3n) is 5.56. The van der Waals surface area contributed by atoms with Gasteiger partial charge in [-0.15, -0.1) is 0 Å². The van der Waals surface area contributed by atoms with Crippen LogP contribution >= 0.6 is 39.1 Å². The van der Waals surface area contributed by atoms with E-state index in [9.17, 15) is 18.0 Å². The lowest BCUT2D eigenvalue weighted by Gasteiger charge is -2.32. The summed E-state index contributed by atoms with van der Waals surface area (Å²) < 4.78 is 29.0. The number of sulfonamides is 1. The molecule has 2 amide bonds. The number of hydrogen-bond donors (Lipinski definition) is 1. The Balaban J connectivity index is 2.03. The monoisotopic (exact) mass is 625 g/mol. The third-order valence-corrected chi connectivity index (χ3v) is 8.58. The van der Waals surface area contributed by atoms with Gasteiger partial charge in [-0.05, 0) is 61.9 Å². The molecule has 1 atom stereocenters. The highest BCUT2D eigenvalue weighted by Crippen LogP contribution is 2.28. The molecule has 37 heavy (non-hydrogen) atoms. The van der Waals surface area contributed by atoms with Crippen LogP contribution in [-0.2, 0) is 26.2 Å². The second-order valence-corrected chi connectivity index (χ2v) is 11.7. The van der Waals surface area contributed by atoms with Gasteiger partial charge in [-0.25, -0.2) is 8.42 Å². The van der Waals surface area contributed by atoms with Crippen molar-refractivity contribution < 1.29 is 18.0 Å². The number of rotatable bonds is 10. The van der Waals surface area contributed by atoms with E-state index >= 15 is 0 Å². The van der Waals surface area contributed by atoms with Gasteiger partial charge in [-0.1, -0.05) is 69.5 Å². The van der Waals surface area contributed by atoms with Crippen LogP contribution in [0.25, 0.3) is 0 Å². The molecule has 0 bridgehead atoms. The third kappa shape index (κ3) is 7.25. The molecule has 7 nitrogen and oxygen atoms in total. The van der Waals surface area contributed by atoms with Crippen LogP contribution < -0.4 is 9.62 Å². The number of hydrogen-bond acceptors (Lipinski definition) is 4. The van der Waals surface area contributed by atoms with Crippen LogP contribution in [0.15, 0.2) is 82.2 Å². The van der Waals surface area contributed by atoms with Gasteiger partial charge >= 0.3 is 0 Å². The highest BCUT2D eigenvalue weighted by atomic mass is 79.9. The predicted octanol–water partition coefficient (Wildman–Crippen LogP) is 5.50. The maximum Gasteiger partial charge on any atom is 0.264 e. The van der Waals surface area contributed by atoms with E-state index in [2.05, 4.69) is 21.2 Å². The van der Waals surface area contributed by atoms with Crippen molar-refractivity contribution in [2.75, 3.05) is 17.4 Å². The van der Waals surface area contributed by atoms with Crippen molar-refractivity contribution in [3.8, 4) is 0 Å². The van der Waals surface area contributed by atoms with E-state index in [1.165, 1.54) is 17.0 Å². The van der Waals surface area contributed by atoms with Gasteiger partial charge in [-0.2, -0.15) is 0 Å². The number of likely N-dealkylation sites (N-methyl/N-ethyl adjacent to an activating group) is 1. The van der Waals surface area contributed by atoms with E-state index in [1.54, 1.807) is 74.5 Å². The first-order chi connectivity index (χ1) is 17.5. The quantitative estimate of drug-likeness (QED) is 0.322. The molecule has 3 rings (SSSR count). The molecule has 0 fully saturated rings. The summed E-state index contributed by atoms with van der Waals surface area (Å²) in [7, 11) is -4.11. The average molecular weight is 627 g/mol. The summed E-state index contributed by atoms with van der Waals surface area (Å²) in [6.45, 7) is 3.24. The number of nitrogens with zero attached hydrogens (tertiary/aromatic N) is 2. The van der Waals surface area contributed by atoms with E-state index in [-0.39, 0.29) is 17.3 Å². The van der Waals surface area contributed by atoms with Crippen molar-refractivity contribution in [3.63, 3.8) is 0 Å². The summed E-state index contributed by atoms with van der Waals surface area (Å²) in [6.07, 6.45) is 0. The summed E-state index contributed by atoms with van der Waals surface area (Å²) >= 11 is 15.6. The molecule has 0 spiro atoms. The van der Waals surface area contributed by atoms with Crippen LogP contribution in [0.2, 0.25) is 10.0 Å². The molecule has 3 aromatic rings. The summed E-state index contributed by atoms with van der Waals surface area (Å²) in [4.78, 5) is 27.9. The molecule has 0 aliphatic carbocycles. The topological polar surface area (TPSA) is 86.8 Å². The zero-order valence-corrected chi connectivity index (χ0v) is 24.1. The highest BCUT2D eigenvalue weighted by Gasteiger charge is 2.32. The molecular weight excluding hydrogens is 601 g/mol. The Labute approximate surface area is 235 Å². The minimum atomic E-state index is -4.11. The standard InChI is InChI=1S/C26H26BrCl2N3O4S/c1-3-30-26(34)18(2)31(16-19-12-13-23(28)24(29)14-19)25(33)17-32(21-9-7-8-20(27)15-21)37(35,36)22-10-5-4-6-11-22/h4-15,18H,3,16-17H2,1-2H3,(H,30,34). The average Bonchev–Trinajstić information content (AvgIpc) is 2.87. The molecule has 0 aliphatic heterocycles. The van der Waals surface area contributed by atoms with E-state index in [0.717, 1.165) is 4.31 Å². The molecule has 196 valence electrons. The Morgan fingerprint density at radius 1 is 0.973 bits per heavy atom. The molecule has 0 saturated carbocycles. The molecule has 0 saturated heterocycles. The molecule has 0 heterocycles. The number of benzene rings is 3. The summed E-state index contributed by atoms with van der Waals surface area (Å²) in [5.74, 6) is -0.930. The normalized spacial score (nSPS) is 12.0. The first-order valence-electron chi connectivity index (χ1n) is 11.4. The molecule has 0 aromatic heterocycles. The fourth-order valence-electron chi connectivity index (χ4n) is 3.62. The Kier molecular flexibility index (Phi) is 10.0. The SMILES string of the molecule is CCNC(=O)C(C)N(Cc1ccc(Cl)c(Cl)c1)C(=O)CN(c1cccc(Br)c1)S(=O)(=O)c1ccccc1. The fraction of sp³-hybridized carbons (Fsp3) is 0.231.